The lowest BCUT2D eigenvalue weighted by atomic mass is 9.97. The van der Waals surface area contributed by atoms with Crippen molar-refractivity contribution < 1.29 is 5.11 Å². The van der Waals surface area contributed by atoms with E-state index >= 15 is 0 Å². The Kier molecular flexibility index (Phi) is 7.75. The number of hydrogen-bond donors (Lipinski definition) is 3. The van der Waals surface area contributed by atoms with Crippen molar-refractivity contribution in [2.24, 2.45) is 5.92 Å². The Bertz CT molecular complexity index is 494. The summed E-state index contributed by atoms with van der Waals surface area (Å²) >= 11 is 3.60. The van der Waals surface area contributed by atoms with Gasteiger partial charge in [0.25, 0.3) is 0 Å². The highest BCUT2D eigenvalue weighted by molar-refractivity contribution is 9.10. The van der Waals surface area contributed by atoms with E-state index in [2.05, 4.69) is 26.1 Å². The van der Waals surface area contributed by atoms with Crippen LogP contribution in [-0.2, 0) is 0 Å². The van der Waals surface area contributed by atoms with Crippen molar-refractivity contribution in [3.8, 4) is 5.75 Å². The Morgan fingerprint density at radius 3 is 2.50 bits per heavy atom. The van der Waals surface area contributed by atoms with Crippen molar-refractivity contribution in [3.63, 3.8) is 0 Å². The fourth-order valence-corrected chi connectivity index (χ4v) is 3.61. The van der Waals surface area contributed by atoms with Gasteiger partial charge in [0.1, 0.15) is 5.75 Å². The molecule has 1 aliphatic carbocycles. The lowest BCUT2D eigenvalue weighted by molar-refractivity contribution is 0.157. The first-order chi connectivity index (χ1) is 9.66. The number of rotatable bonds is 4. The minimum atomic E-state index is 0. The first-order valence-electron chi connectivity index (χ1n) is 7.38. The smallest absolute Gasteiger partial charge is 0.144 e. The molecule has 3 rings (SSSR count). The molecule has 2 fully saturated rings. The molecule has 4 nitrogen and oxygen atoms in total. The largest absolute Gasteiger partial charge is 0.505 e. The van der Waals surface area contributed by atoms with Gasteiger partial charge in [0.15, 0.2) is 0 Å². The van der Waals surface area contributed by atoms with Crippen LogP contribution in [-0.4, -0.2) is 36.2 Å². The number of benzene rings is 1. The highest BCUT2D eigenvalue weighted by Gasteiger charge is 2.33. The number of phenolic OH excluding ortho intramolecular Hbond substituents is 1. The van der Waals surface area contributed by atoms with E-state index < -0.39 is 0 Å². The maximum absolute atomic E-state index is 10.4. The monoisotopic (exact) mass is 411 g/mol. The Labute approximate surface area is 152 Å². The van der Waals surface area contributed by atoms with E-state index in [1.165, 1.54) is 12.8 Å². The lowest BCUT2D eigenvalue weighted by Crippen LogP contribution is -2.45. The molecule has 1 saturated carbocycles. The molecule has 126 valence electrons. The average molecular weight is 413 g/mol. The van der Waals surface area contributed by atoms with Crippen LogP contribution in [0.15, 0.2) is 16.6 Å². The number of nitrogens with zero attached hydrogens (tertiary/aromatic N) is 1. The van der Waals surface area contributed by atoms with Gasteiger partial charge in [-0.15, -0.1) is 24.8 Å². The Morgan fingerprint density at radius 1 is 1.27 bits per heavy atom. The third kappa shape index (κ3) is 4.42. The van der Waals surface area contributed by atoms with E-state index in [1.807, 2.05) is 6.07 Å². The quantitative estimate of drug-likeness (QED) is 0.524. The van der Waals surface area contributed by atoms with Crippen molar-refractivity contribution in [3.05, 3.63) is 22.2 Å². The number of halogens is 3. The topological polar surface area (TPSA) is 61.5 Å². The Balaban J connectivity index is 0.00000121. The van der Waals surface area contributed by atoms with Gasteiger partial charge in [-0.3, -0.25) is 4.90 Å². The van der Waals surface area contributed by atoms with Crippen LogP contribution in [0.2, 0.25) is 0 Å². The molecule has 1 atom stereocenters. The molecular weight excluding hydrogens is 389 g/mol. The van der Waals surface area contributed by atoms with Crippen LogP contribution in [0.3, 0.4) is 0 Å². The van der Waals surface area contributed by atoms with Gasteiger partial charge in [0.05, 0.1) is 5.69 Å². The number of aromatic hydroxyl groups is 1. The summed E-state index contributed by atoms with van der Waals surface area (Å²) in [7, 11) is 0. The number of phenols is 1. The fraction of sp³-hybridized carbons (Fsp3) is 0.600. The van der Waals surface area contributed by atoms with Crippen molar-refractivity contribution in [2.75, 3.05) is 31.9 Å². The highest BCUT2D eigenvalue weighted by Crippen LogP contribution is 2.45. The maximum Gasteiger partial charge on any atom is 0.144 e. The van der Waals surface area contributed by atoms with Gasteiger partial charge < -0.3 is 16.2 Å². The van der Waals surface area contributed by atoms with Crippen LogP contribution in [0.5, 0.6) is 5.75 Å². The van der Waals surface area contributed by atoms with E-state index in [1.54, 1.807) is 6.07 Å². The molecule has 7 heteroatoms. The second-order valence-electron chi connectivity index (χ2n) is 5.88. The van der Waals surface area contributed by atoms with Crippen molar-refractivity contribution in [1.29, 1.82) is 0 Å². The summed E-state index contributed by atoms with van der Waals surface area (Å²) in [5.74, 6) is 1.06. The lowest BCUT2D eigenvalue weighted by Gasteiger charge is -2.36. The summed E-state index contributed by atoms with van der Waals surface area (Å²) in [5, 5.41) is 13.8. The van der Waals surface area contributed by atoms with E-state index in [0.29, 0.717) is 5.69 Å². The molecule has 1 saturated heterocycles. The second-order valence-corrected chi connectivity index (χ2v) is 6.73. The zero-order chi connectivity index (χ0) is 14.1. The predicted octanol–water partition coefficient (Wildman–Crippen LogP) is 3.33. The minimum Gasteiger partial charge on any atom is -0.505 e. The molecule has 1 aliphatic heterocycles. The normalized spacial score (nSPS) is 19.9. The molecule has 1 aromatic rings. The van der Waals surface area contributed by atoms with Gasteiger partial charge in [-0.25, -0.2) is 0 Å². The molecule has 0 amide bonds. The first kappa shape index (κ1) is 19.8. The maximum atomic E-state index is 10.4. The number of anilines is 1. The van der Waals surface area contributed by atoms with Crippen LogP contribution >= 0.6 is 40.7 Å². The average Bonchev–Trinajstić information content (AvgIpc) is 3.27. The molecule has 1 aromatic carbocycles. The van der Waals surface area contributed by atoms with Crippen LogP contribution in [0.1, 0.15) is 30.9 Å². The van der Waals surface area contributed by atoms with Crippen LogP contribution in [0.4, 0.5) is 5.69 Å². The standard InChI is InChI=1S/C15H22BrN3O.2ClH/c16-11-3-4-12(17)15(20)14(11)13(9-10-1-2-10)19-7-5-18-6-8-19;;/h3-4,10,13,18,20H,1-2,5-9,17H2;2*1H/t13-;;/m1../s1. The van der Waals surface area contributed by atoms with Gasteiger partial charge in [0.2, 0.25) is 0 Å². The summed E-state index contributed by atoms with van der Waals surface area (Å²) < 4.78 is 0.966. The molecule has 2 aliphatic rings. The van der Waals surface area contributed by atoms with Gasteiger partial charge in [-0.1, -0.05) is 28.8 Å². The molecule has 0 spiro atoms. The van der Waals surface area contributed by atoms with E-state index in [9.17, 15) is 5.11 Å². The summed E-state index contributed by atoms with van der Waals surface area (Å²) in [4.78, 5) is 2.48. The third-order valence-corrected chi connectivity index (χ3v) is 5.07. The fourth-order valence-electron chi connectivity index (χ4n) is 3.03. The summed E-state index contributed by atoms with van der Waals surface area (Å²) in [6, 6.07) is 3.98. The molecule has 0 unspecified atom stereocenters. The van der Waals surface area contributed by atoms with Crippen molar-refractivity contribution in [1.82, 2.24) is 10.2 Å². The molecule has 0 radical (unpaired) electrons. The predicted molar refractivity (Wildman–Crippen MR) is 99.2 cm³/mol. The SMILES string of the molecule is Cl.Cl.Nc1ccc(Br)c([C@@H](CC2CC2)N2CCNCC2)c1O. The van der Waals surface area contributed by atoms with Crippen LogP contribution in [0.25, 0.3) is 0 Å². The van der Waals surface area contributed by atoms with E-state index in [4.69, 9.17) is 5.73 Å². The number of nitrogens with two attached hydrogens (primary N) is 1. The first-order valence-corrected chi connectivity index (χ1v) is 8.17. The zero-order valence-electron chi connectivity index (χ0n) is 12.4. The third-order valence-electron chi connectivity index (χ3n) is 4.37. The van der Waals surface area contributed by atoms with Gasteiger partial charge in [-0.2, -0.15) is 0 Å². The Morgan fingerprint density at radius 2 is 1.91 bits per heavy atom. The van der Waals surface area contributed by atoms with Gasteiger partial charge in [0, 0.05) is 42.3 Å². The highest BCUT2D eigenvalue weighted by atomic mass is 79.9. The molecule has 0 bridgehead atoms. The molecule has 1 heterocycles. The number of hydrogen-bond acceptors (Lipinski definition) is 4. The van der Waals surface area contributed by atoms with E-state index in [-0.39, 0.29) is 36.6 Å². The summed E-state index contributed by atoms with van der Waals surface area (Å²) in [6.45, 7) is 4.08. The molecular formula is C15H24BrCl2N3O. The summed E-state index contributed by atoms with van der Waals surface area (Å²) in [5.41, 5.74) is 7.34. The summed E-state index contributed by atoms with van der Waals surface area (Å²) in [6.07, 6.45) is 3.77. The van der Waals surface area contributed by atoms with Gasteiger partial charge in [-0.05, 0) is 24.5 Å². The van der Waals surface area contributed by atoms with Crippen molar-refractivity contribution in [2.45, 2.75) is 25.3 Å². The molecule has 0 aromatic heterocycles. The number of piperazine rings is 1. The van der Waals surface area contributed by atoms with E-state index in [0.717, 1.165) is 48.6 Å². The molecule has 22 heavy (non-hydrogen) atoms. The van der Waals surface area contributed by atoms with Gasteiger partial charge >= 0.3 is 0 Å². The number of nitrogen functional groups attached to an aromatic ring is 1. The van der Waals surface area contributed by atoms with Crippen molar-refractivity contribution >= 4 is 46.4 Å². The second kappa shape index (κ2) is 8.60. The van der Waals surface area contributed by atoms with Crippen LogP contribution < -0.4 is 11.1 Å². The Hall–Kier alpha value is -0.200. The zero-order valence-corrected chi connectivity index (χ0v) is 15.6. The molecule has 4 N–H and O–H groups in total. The number of nitrogens with one attached hydrogen (secondary N) is 1. The minimum absolute atomic E-state index is 0. The van der Waals surface area contributed by atoms with Crippen LogP contribution in [0, 0.1) is 5.92 Å².